The molecule has 4 heteroatoms. The fourth-order valence-corrected chi connectivity index (χ4v) is 3.13. The lowest BCUT2D eigenvalue weighted by Gasteiger charge is -2.07. The van der Waals surface area contributed by atoms with Crippen LogP contribution in [-0.4, -0.2) is 20.8 Å². The topological polar surface area (TPSA) is 43.4 Å². The van der Waals surface area contributed by atoms with Crippen molar-refractivity contribution < 1.29 is 12.6 Å². The van der Waals surface area contributed by atoms with Gasteiger partial charge in [-0.25, -0.2) is 0 Å². The molecule has 0 aliphatic heterocycles. The Morgan fingerprint density at radius 2 is 1.25 bits per heavy atom. The molecule has 0 radical (unpaired) electrons. The summed E-state index contributed by atoms with van der Waals surface area (Å²) >= 11 is 0. The van der Waals surface area contributed by atoms with E-state index in [9.17, 15) is 8.42 Å². The van der Waals surface area contributed by atoms with Gasteiger partial charge in [0.2, 0.25) is 0 Å². The number of hydrogen-bond acceptors (Lipinski definition) is 3. The van der Waals surface area contributed by atoms with Crippen molar-refractivity contribution in [2.45, 2.75) is 79.1 Å². The number of unbranched alkanes of at least 4 members (excludes halogenated alkanes) is 4. The zero-order valence-electron chi connectivity index (χ0n) is 13.9. The third-order valence-corrected chi connectivity index (χ3v) is 4.68. The van der Waals surface area contributed by atoms with Gasteiger partial charge in [0.05, 0.1) is 12.4 Å². The minimum absolute atomic E-state index is 0.178. The van der Waals surface area contributed by atoms with Crippen LogP contribution >= 0.6 is 0 Å². The molecule has 0 atom stereocenters. The number of hydrogen-bond donors (Lipinski definition) is 0. The fraction of sp³-hybridized carbons (Fsp3) is 1.00. The van der Waals surface area contributed by atoms with E-state index in [2.05, 4.69) is 27.7 Å². The van der Waals surface area contributed by atoms with Gasteiger partial charge in [0.1, 0.15) is 0 Å². The van der Waals surface area contributed by atoms with E-state index < -0.39 is 10.1 Å². The van der Waals surface area contributed by atoms with Crippen LogP contribution in [0.3, 0.4) is 0 Å². The molecule has 0 aliphatic carbocycles. The first kappa shape index (κ1) is 19.9. The summed E-state index contributed by atoms with van der Waals surface area (Å²) in [6.07, 6.45) is 8.27. The van der Waals surface area contributed by atoms with Crippen molar-refractivity contribution in [1.82, 2.24) is 0 Å². The van der Waals surface area contributed by atoms with E-state index >= 15 is 0 Å². The quantitative estimate of drug-likeness (QED) is 0.364. The molecule has 0 heterocycles. The Balaban J connectivity index is 3.50. The first-order valence-corrected chi connectivity index (χ1v) is 9.78. The lowest BCUT2D eigenvalue weighted by molar-refractivity contribution is 0.304. The highest BCUT2D eigenvalue weighted by molar-refractivity contribution is 7.86. The predicted octanol–water partition coefficient (Wildman–Crippen LogP) is 4.77. The molecule has 0 saturated carbocycles. The van der Waals surface area contributed by atoms with E-state index in [-0.39, 0.29) is 5.75 Å². The third kappa shape index (κ3) is 14.3. The summed E-state index contributed by atoms with van der Waals surface area (Å²) in [4.78, 5) is 0. The Kier molecular flexibility index (Phi) is 11.5. The first-order valence-electron chi connectivity index (χ1n) is 8.20. The van der Waals surface area contributed by atoms with Crippen LogP contribution in [0, 0.1) is 11.8 Å². The van der Waals surface area contributed by atoms with Gasteiger partial charge in [-0.3, -0.25) is 4.18 Å². The fourth-order valence-electron chi connectivity index (χ4n) is 2.08. The molecule has 0 aromatic rings. The Hall–Kier alpha value is -0.0900. The zero-order valence-corrected chi connectivity index (χ0v) is 14.7. The third-order valence-electron chi connectivity index (χ3n) is 3.36. The predicted molar refractivity (Wildman–Crippen MR) is 86.4 cm³/mol. The van der Waals surface area contributed by atoms with Crippen molar-refractivity contribution >= 4 is 10.1 Å². The monoisotopic (exact) mass is 306 g/mol. The van der Waals surface area contributed by atoms with Gasteiger partial charge in [-0.05, 0) is 24.7 Å². The maximum Gasteiger partial charge on any atom is 0.267 e. The van der Waals surface area contributed by atoms with Crippen LogP contribution < -0.4 is 0 Å². The van der Waals surface area contributed by atoms with E-state index in [1.54, 1.807) is 0 Å². The summed E-state index contributed by atoms with van der Waals surface area (Å²) in [5.74, 6) is 1.61. The highest BCUT2D eigenvalue weighted by Gasteiger charge is 2.10. The molecular weight excluding hydrogens is 272 g/mol. The standard InChI is InChI=1S/C16H34O3S/c1-15(2)11-7-5-9-13-19-20(17,18)14-10-6-8-12-16(3)4/h15-16H,5-14H2,1-4H3. The minimum Gasteiger partial charge on any atom is -0.270 e. The van der Waals surface area contributed by atoms with Crippen molar-refractivity contribution in [2.75, 3.05) is 12.4 Å². The molecule has 0 aromatic carbocycles. The van der Waals surface area contributed by atoms with Crippen LogP contribution in [0.5, 0.6) is 0 Å². The molecule has 0 spiro atoms. The van der Waals surface area contributed by atoms with Gasteiger partial charge < -0.3 is 0 Å². The van der Waals surface area contributed by atoms with Crippen LogP contribution in [0.1, 0.15) is 79.1 Å². The average Bonchev–Trinajstić information content (AvgIpc) is 2.32. The lowest BCUT2D eigenvalue weighted by Crippen LogP contribution is -2.11. The molecule has 0 amide bonds. The number of rotatable bonds is 13. The van der Waals surface area contributed by atoms with Crippen molar-refractivity contribution in [3.63, 3.8) is 0 Å². The van der Waals surface area contributed by atoms with Crippen LogP contribution in [-0.2, 0) is 14.3 Å². The Morgan fingerprint density at radius 3 is 1.75 bits per heavy atom. The van der Waals surface area contributed by atoms with Gasteiger partial charge in [0.15, 0.2) is 0 Å². The summed E-state index contributed by atoms with van der Waals surface area (Å²) in [6.45, 7) is 9.16. The Labute approximate surface area is 126 Å². The van der Waals surface area contributed by atoms with Gasteiger partial charge in [-0.15, -0.1) is 0 Å². The summed E-state index contributed by atoms with van der Waals surface area (Å²) in [5, 5.41) is 0. The van der Waals surface area contributed by atoms with Gasteiger partial charge >= 0.3 is 0 Å². The van der Waals surface area contributed by atoms with Crippen molar-refractivity contribution in [2.24, 2.45) is 11.8 Å². The lowest BCUT2D eigenvalue weighted by atomic mass is 10.1. The SMILES string of the molecule is CC(C)CCCCCOS(=O)(=O)CCCCCC(C)C. The highest BCUT2D eigenvalue weighted by atomic mass is 32.2. The maximum absolute atomic E-state index is 11.6. The Morgan fingerprint density at radius 1 is 0.750 bits per heavy atom. The molecule has 0 N–H and O–H groups in total. The van der Waals surface area contributed by atoms with E-state index in [0.29, 0.717) is 12.5 Å². The van der Waals surface area contributed by atoms with Gasteiger partial charge in [-0.1, -0.05) is 66.2 Å². The average molecular weight is 307 g/mol. The molecule has 0 unspecified atom stereocenters. The second-order valence-corrected chi connectivity index (χ2v) is 8.33. The van der Waals surface area contributed by atoms with Crippen molar-refractivity contribution in [3.8, 4) is 0 Å². The second kappa shape index (κ2) is 11.6. The highest BCUT2D eigenvalue weighted by Crippen LogP contribution is 2.11. The second-order valence-electron chi connectivity index (χ2n) is 6.57. The molecule has 0 aliphatic rings. The van der Waals surface area contributed by atoms with E-state index in [1.807, 2.05) is 0 Å². The summed E-state index contributed by atoms with van der Waals surface area (Å²) in [7, 11) is -3.29. The molecule has 0 rings (SSSR count). The van der Waals surface area contributed by atoms with Gasteiger partial charge in [-0.2, -0.15) is 8.42 Å². The molecule has 0 aromatic heterocycles. The van der Waals surface area contributed by atoms with Crippen LogP contribution in [0.4, 0.5) is 0 Å². The maximum atomic E-state index is 11.6. The smallest absolute Gasteiger partial charge is 0.267 e. The summed E-state index contributed by atoms with van der Waals surface area (Å²) in [5.41, 5.74) is 0. The van der Waals surface area contributed by atoms with Gasteiger partial charge in [0.25, 0.3) is 10.1 Å². The van der Waals surface area contributed by atoms with Gasteiger partial charge in [0, 0.05) is 0 Å². The van der Waals surface area contributed by atoms with Crippen LogP contribution in [0.15, 0.2) is 0 Å². The zero-order chi connectivity index (χ0) is 15.4. The largest absolute Gasteiger partial charge is 0.270 e. The normalized spacial score (nSPS) is 12.5. The first-order chi connectivity index (χ1) is 9.33. The molecular formula is C16H34O3S. The van der Waals surface area contributed by atoms with Crippen LogP contribution in [0.2, 0.25) is 0 Å². The summed E-state index contributed by atoms with van der Waals surface area (Å²) in [6, 6.07) is 0. The van der Waals surface area contributed by atoms with E-state index in [4.69, 9.17) is 4.18 Å². The van der Waals surface area contributed by atoms with Crippen molar-refractivity contribution in [1.29, 1.82) is 0 Å². The molecule has 122 valence electrons. The van der Waals surface area contributed by atoms with E-state index in [1.165, 1.54) is 12.8 Å². The van der Waals surface area contributed by atoms with Crippen molar-refractivity contribution in [3.05, 3.63) is 0 Å². The molecule has 0 bridgehead atoms. The summed E-state index contributed by atoms with van der Waals surface area (Å²) < 4.78 is 28.3. The minimum atomic E-state index is -3.29. The Bertz CT molecular complexity index is 308. The van der Waals surface area contributed by atoms with E-state index in [0.717, 1.165) is 44.4 Å². The molecule has 0 fully saturated rings. The molecule has 0 saturated heterocycles. The van der Waals surface area contributed by atoms with Crippen LogP contribution in [0.25, 0.3) is 0 Å². The molecule has 3 nitrogen and oxygen atoms in total. The molecule has 20 heavy (non-hydrogen) atoms.